The Morgan fingerprint density at radius 3 is 2.47 bits per heavy atom. The van der Waals surface area contributed by atoms with E-state index in [1.807, 2.05) is 36.4 Å². The third-order valence-corrected chi connectivity index (χ3v) is 2.36. The SMILES string of the molecule is COc1ccc(/C=C/C=NC(C#N)C(N)C#N)cc1. The lowest BCUT2D eigenvalue weighted by Crippen LogP contribution is -2.30. The fourth-order valence-corrected chi connectivity index (χ4v) is 1.29. The van der Waals surface area contributed by atoms with Gasteiger partial charge < -0.3 is 10.5 Å². The molecule has 0 aliphatic rings. The molecule has 5 nitrogen and oxygen atoms in total. The molecule has 2 atom stereocenters. The lowest BCUT2D eigenvalue weighted by atomic mass is 10.2. The zero-order valence-corrected chi connectivity index (χ0v) is 10.5. The minimum atomic E-state index is -0.907. The first-order chi connectivity index (χ1) is 9.21. The molecule has 0 heterocycles. The Hall–Kier alpha value is -2.63. The molecule has 0 aromatic heterocycles. The molecule has 0 amide bonds. The van der Waals surface area contributed by atoms with Crippen LogP contribution in [0.5, 0.6) is 5.75 Å². The van der Waals surface area contributed by atoms with Crippen LogP contribution in [-0.2, 0) is 0 Å². The molecule has 2 N–H and O–H groups in total. The maximum absolute atomic E-state index is 8.77. The number of aliphatic imine (C=N–C) groups is 1. The van der Waals surface area contributed by atoms with Crippen molar-refractivity contribution in [3.05, 3.63) is 35.9 Å². The van der Waals surface area contributed by atoms with Crippen LogP contribution in [0, 0.1) is 22.7 Å². The van der Waals surface area contributed by atoms with E-state index in [-0.39, 0.29) is 0 Å². The summed E-state index contributed by atoms with van der Waals surface area (Å²) in [6.07, 6.45) is 4.99. The Kier molecular flexibility index (Phi) is 5.81. The molecule has 0 fully saturated rings. The minimum Gasteiger partial charge on any atom is -0.497 e. The molecule has 0 aliphatic heterocycles. The molecule has 19 heavy (non-hydrogen) atoms. The van der Waals surface area contributed by atoms with Crippen LogP contribution in [0.3, 0.4) is 0 Å². The summed E-state index contributed by atoms with van der Waals surface area (Å²) in [6.45, 7) is 0. The Labute approximate surface area is 112 Å². The molecule has 0 saturated heterocycles. The highest BCUT2D eigenvalue weighted by Crippen LogP contribution is 2.11. The molecular weight excluding hydrogens is 240 g/mol. The van der Waals surface area contributed by atoms with Gasteiger partial charge in [-0.3, -0.25) is 4.99 Å². The van der Waals surface area contributed by atoms with Crippen molar-refractivity contribution in [2.75, 3.05) is 7.11 Å². The molecule has 0 saturated carbocycles. The summed E-state index contributed by atoms with van der Waals surface area (Å²) in [5.74, 6) is 0.787. The van der Waals surface area contributed by atoms with Crippen molar-refractivity contribution >= 4 is 12.3 Å². The second-order valence-electron chi connectivity index (χ2n) is 3.66. The summed E-state index contributed by atoms with van der Waals surface area (Å²) in [5, 5.41) is 17.4. The lowest BCUT2D eigenvalue weighted by Gasteiger charge is -2.02. The van der Waals surface area contributed by atoms with E-state index in [2.05, 4.69) is 4.99 Å². The highest BCUT2D eigenvalue weighted by Gasteiger charge is 2.13. The van der Waals surface area contributed by atoms with Gasteiger partial charge in [0.15, 0.2) is 6.04 Å². The summed E-state index contributed by atoms with van der Waals surface area (Å²) < 4.78 is 5.05. The van der Waals surface area contributed by atoms with E-state index in [1.165, 1.54) is 6.21 Å². The van der Waals surface area contributed by atoms with Crippen molar-refractivity contribution < 1.29 is 4.74 Å². The van der Waals surface area contributed by atoms with E-state index >= 15 is 0 Å². The topological polar surface area (TPSA) is 95.2 Å². The Bertz CT molecular complexity index is 534. The highest BCUT2D eigenvalue weighted by atomic mass is 16.5. The number of nitriles is 2. The molecule has 1 aromatic carbocycles. The van der Waals surface area contributed by atoms with Crippen LogP contribution in [-0.4, -0.2) is 25.4 Å². The first-order valence-electron chi connectivity index (χ1n) is 5.60. The molecule has 1 aromatic rings. The van der Waals surface area contributed by atoms with Gasteiger partial charge in [-0.15, -0.1) is 0 Å². The average Bonchev–Trinajstić information content (AvgIpc) is 2.47. The fraction of sp³-hybridized carbons (Fsp3) is 0.214. The summed E-state index contributed by atoms with van der Waals surface area (Å²) in [4.78, 5) is 3.92. The molecule has 2 unspecified atom stereocenters. The first-order valence-corrected chi connectivity index (χ1v) is 5.60. The number of nitrogens with zero attached hydrogens (tertiary/aromatic N) is 3. The van der Waals surface area contributed by atoms with Gasteiger partial charge in [0.25, 0.3) is 0 Å². The van der Waals surface area contributed by atoms with Crippen molar-refractivity contribution in [2.24, 2.45) is 10.7 Å². The number of rotatable bonds is 5. The number of methoxy groups -OCH3 is 1. The maximum atomic E-state index is 8.77. The molecule has 0 aliphatic carbocycles. The van der Waals surface area contributed by atoms with Crippen LogP contribution in [0.4, 0.5) is 0 Å². The van der Waals surface area contributed by atoms with Gasteiger partial charge in [0.1, 0.15) is 11.8 Å². The fourth-order valence-electron chi connectivity index (χ4n) is 1.29. The molecule has 5 heteroatoms. The van der Waals surface area contributed by atoms with Gasteiger partial charge >= 0.3 is 0 Å². The molecule has 0 bridgehead atoms. The van der Waals surface area contributed by atoms with E-state index in [4.69, 9.17) is 21.0 Å². The molecule has 96 valence electrons. The van der Waals surface area contributed by atoms with Crippen molar-refractivity contribution in [3.63, 3.8) is 0 Å². The summed E-state index contributed by atoms with van der Waals surface area (Å²) in [5.41, 5.74) is 6.39. The lowest BCUT2D eigenvalue weighted by molar-refractivity contribution is 0.415. The van der Waals surface area contributed by atoms with Gasteiger partial charge in [0.2, 0.25) is 0 Å². The van der Waals surface area contributed by atoms with Crippen molar-refractivity contribution in [1.29, 1.82) is 10.5 Å². The number of benzene rings is 1. The number of nitrogens with two attached hydrogens (primary N) is 1. The Balaban J connectivity index is 2.62. The van der Waals surface area contributed by atoms with Crippen molar-refractivity contribution in [3.8, 4) is 17.9 Å². The highest BCUT2D eigenvalue weighted by molar-refractivity contribution is 5.78. The monoisotopic (exact) mass is 254 g/mol. The van der Waals surface area contributed by atoms with Crippen LogP contribution >= 0.6 is 0 Å². The summed E-state index contributed by atoms with van der Waals surface area (Å²) in [6, 6.07) is 9.40. The summed E-state index contributed by atoms with van der Waals surface area (Å²) in [7, 11) is 1.61. The minimum absolute atomic E-state index is 0.787. The van der Waals surface area contributed by atoms with Crippen molar-refractivity contribution in [1.82, 2.24) is 0 Å². The molecular formula is C14H14N4O. The zero-order chi connectivity index (χ0) is 14.1. The van der Waals surface area contributed by atoms with Gasteiger partial charge in [-0.2, -0.15) is 10.5 Å². The smallest absolute Gasteiger partial charge is 0.164 e. The van der Waals surface area contributed by atoms with Crippen LogP contribution < -0.4 is 10.5 Å². The van der Waals surface area contributed by atoms with Gasteiger partial charge in [-0.05, 0) is 23.8 Å². The Morgan fingerprint density at radius 1 is 1.26 bits per heavy atom. The largest absolute Gasteiger partial charge is 0.497 e. The number of ether oxygens (including phenoxy) is 1. The number of hydrogen-bond acceptors (Lipinski definition) is 5. The van der Waals surface area contributed by atoms with E-state index in [0.29, 0.717) is 0 Å². The van der Waals surface area contributed by atoms with E-state index in [0.717, 1.165) is 11.3 Å². The second kappa shape index (κ2) is 7.65. The van der Waals surface area contributed by atoms with Crippen LogP contribution in [0.15, 0.2) is 35.3 Å². The second-order valence-corrected chi connectivity index (χ2v) is 3.66. The van der Waals surface area contributed by atoms with E-state index in [1.54, 1.807) is 19.3 Å². The van der Waals surface area contributed by atoms with Crippen molar-refractivity contribution in [2.45, 2.75) is 12.1 Å². The van der Waals surface area contributed by atoms with E-state index in [9.17, 15) is 0 Å². The molecule has 0 radical (unpaired) electrons. The molecule has 0 spiro atoms. The maximum Gasteiger partial charge on any atom is 0.164 e. The molecule has 1 rings (SSSR count). The van der Waals surface area contributed by atoms with Crippen LogP contribution in [0.1, 0.15) is 5.56 Å². The van der Waals surface area contributed by atoms with Gasteiger partial charge in [-0.25, -0.2) is 0 Å². The van der Waals surface area contributed by atoms with E-state index < -0.39 is 12.1 Å². The van der Waals surface area contributed by atoms with Crippen LogP contribution in [0.2, 0.25) is 0 Å². The third kappa shape index (κ3) is 4.63. The predicted molar refractivity (Wildman–Crippen MR) is 73.5 cm³/mol. The van der Waals surface area contributed by atoms with Crippen LogP contribution in [0.25, 0.3) is 6.08 Å². The third-order valence-electron chi connectivity index (χ3n) is 2.36. The number of allylic oxidation sites excluding steroid dienone is 1. The van der Waals surface area contributed by atoms with Gasteiger partial charge in [-0.1, -0.05) is 18.2 Å². The summed E-state index contributed by atoms with van der Waals surface area (Å²) >= 11 is 0. The first kappa shape index (κ1) is 14.4. The number of hydrogen-bond donors (Lipinski definition) is 1. The zero-order valence-electron chi connectivity index (χ0n) is 10.5. The average molecular weight is 254 g/mol. The quantitative estimate of drug-likeness (QED) is 0.806. The van der Waals surface area contributed by atoms with Gasteiger partial charge in [0.05, 0.1) is 19.2 Å². The standard InChI is InChI=1S/C14H14N4O/c1-19-12-6-4-11(5-7-12)3-2-8-18-14(10-16)13(17)9-15/h2-8,13-14H,17H2,1H3/b3-2+,18-8?. The van der Waals surface area contributed by atoms with Gasteiger partial charge in [0, 0.05) is 6.21 Å². The Morgan fingerprint density at radius 2 is 1.95 bits per heavy atom. The predicted octanol–water partition coefficient (Wildman–Crippen LogP) is 1.52. The normalized spacial score (nSPS) is 13.9.